The lowest BCUT2D eigenvalue weighted by molar-refractivity contribution is -0.167. The lowest BCUT2D eigenvalue weighted by Crippen LogP contribution is -2.30. The molecule has 0 N–H and O–H groups in total. The second-order valence-electron chi connectivity index (χ2n) is 18.5. The van der Waals surface area contributed by atoms with Gasteiger partial charge in [0.25, 0.3) is 0 Å². The Labute approximate surface area is 414 Å². The molecule has 0 aromatic heterocycles. The van der Waals surface area contributed by atoms with E-state index in [9.17, 15) is 14.4 Å². The van der Waals surface area contributed by atoms with Gasteiger partial charge in [-0.3, -0.25) is 14.4 Å². The Morgan fingerprint density at radius 3 is 1.10 bits per heavy atom. The molecule has 0 heterocycles. The summed E-state index contributed by atoms with van der Waals surface area (Å²) < 4.78 is 16.8. The number of carbonyl (C=O) groups excluding carboxylic acids is 3. The summed E-state index contributed by atoms with van der Waals surface area (Å²) in [5, 5.41) is 0. The molecule has 0 fully saturated rings. The normalized spacial score (nSPS) is 12.7. The van der Waals surface area contributed by atoms with Crippen LogP contribution < -0.4 is 0 Å². The minimum atomic E-state index is -0.812. The molecular weight excluding hydrogens is 829 g/mol. The first-order valence-corrected chi connectivity index (χ1v) is 28.1. The van der Waals surface area contributed by atoms with Gasteiger partial charge in [0.05, 0.1) is 0 Å². The molecule has 6 heteroatoms. The maximum absolute atomic E-state index is 12.8. The minimum Gasteiger partial charge on any atom is -0.462 e. The van der Waals surface area contributed by atoms with E-state index < -0.39 is 6.10 Å². The van der Waals surface area contributed by atoms with Gasteiger partial charge in [0.1, 0.15) is 13.2 Å². The van der Waals surface area contributed by atoms with E-state index in [-0.39, 0.29) is 37.5 Å². The van der Waals surface area contributed by atoms with Crippen LogP contribution in [0.25, 0.3) is 0 Å². The van der Waals surface area contributed by atoms with Crippen molar-refractivity contribution in [3.8, 4) is 0 Å². The van der Waals surface area contributed by atoms with Crippen LogP contribution in [0.15, 0.2) is 85.1 Å². The van der Waals surface area contributed by atoms with Gasteiger partial charge in [-0.05, 0) is 77.0 Å². The molecule has 0 aromatic carbocycles. The van der Waals surface area contributed by atoms with Crippen LogP contribution in [-0.2, 0) is 28.6 Å². The zero-order chi connectivity index (χ0) is 48.6. The van der Waals surface area contributed by atoms with Gasteiger partial charge >= 0.3 is 17.9 Å². The van der Waals surface area contributed by atoms with Crippen LogP contribution in [0.5, 0.6) is 0 Å². The molecule has 0 radical (unpaired) electrons. The Kier molecular flexibility index (Phi) is 52.4. The van der Waals surface area contributed by atoms with E-state index >= 15 is 0 Å². The first-order chi connectivity index (χ1) is 33.0. The Hall–Kier alpha value is -3.41. The molecule has 0 saturated heterocycles. The van der Waals surface area contributed by atoms with Crippen molar-refractivity contribution in [1.29, 1.82) is 0 Å². The molecule has 0 aromatic rings. The summed E-state index contributed by atoms with van der Waals surface area (Å²) in [5.41, 5.74) is 0. The van der Waals surface area contributed by atoms with Crippen LogP contribution in [0.1, 0.15) is 265 Å². The summed E-state index contributed by atoms with van der Waals surface area (Å²) in [7, 11) is 0. The van der Waals surface area contributed by atoms with Crippen molar-refractivity contribution in [2.45, 2.75) is 271 Å². The van der Waals surface area contributed by atoms with Gasteiger partial charge in [-0.25, -0.2) is 0 Å². The average molecular weight is 933 g/mol. The number of ether oxygens (including phenoxy) is 3. The van der Waals surface area contributed by atoms with Gasteiger partial charge < -0.3 is 14.2 Å². The molecule has 0 bridgehead atoms. The van der Waals surface area contributed by atoms with Gasteiger partial charge in [0, 0.05) is 19.3 Å². The smallest absolute Gasteiger partial charge is 0.306 e. The third kappa shape index (κ3) is 53.4. The van der Waals surface area contributed by atoms with E-state index in [2.05, 4.69) is 106 Å². The van der Waals surface area contributed by atoms with Gasteiger partial charge in [0.15, 0.2) is 6.10 Å². The van der Waals surface area contributed by atoms with E-state index in [1.54, 1.807) is 0 Å². The van der Waals surface area contributed by atoms with Gasteiger partial charge in [-0.2, -0.15) is 0 Å². The zero-order valence-corrected chi connectivity index (χ0v) is 43.9. The van der Waals surface area contributed by atoms with Crippen LogP contribution in [0.3, 0.4) is 0 Å². The monoisotopic (exact) mass is 933 g/mol. The van der Waals surface area contributed by atoms with Crippen LogP contribution in [0, 0.1) is 0 Å². The summed E-state index contributed by atoms with van der Waals surface area (Å²) in [6.07, 6.45) is 71.5. The third-order valence-corrected chi connectivity index (χ3v) is 11.9. The second-order valence-corrected chi connectivity index (χ2v) is 18.5. The Balaban J connectivity index is 4.44. The summed E-state index contributed by atoms with van der Waals surface area (Å²) in [6, 6.07) is 0. The molecule has 6 nitrogen and oxygen atoms in total. The van der Waals surface area contributed by atoms with Gasteiger partial charge in [0.2, 0.25) is 0 Å². The van der Waals surface area contributed by atoms with Gasteiger partial charge in [-0.15, -0.1) is 0 Å². The largest absolute Gasteiger partial charge is 0.462 e. The van der Waals surface area contributed by atoms with Crippen molar-refractivity contribution >= 4 is 17.9 Å². The number of unbranched alkanes of at least 4 members (excludes halogenated alkanes) is 27. The number of rotatable bonds is 50. The van der Waals surface area contributed by atoms with Crippen molar-refractivity contribution in [2.75, 3.05) is 13.2 Å². The fourth-order valence-electron chi connectivity index (χ4n) is 7.73. The number of hydrogen-bond donors (Lipinski definition) is 0. The molecule has 0 aliphatic heterocycles. The molecular formula is C61H104O6. The molecule has 0 aliphatic rings. The standard InChI is InChI=1S/C61H104O6/c1-4-7-10-13-16-19-22-25-27-29-30-32-33-36-39-42-45-48-51-54-60(63)66-57-58(56-65-59(62)53-50-47-44-41-38-35-24-21-18-15-12-9-6-3)67-61(64)55-52-49-46-43-40-37-34-31-28-26-23-20-17-14-11-8-5-2/h9,12,15,17-18,20-21,24,26,28,34,37,43,46,58H,4-8,10-11,13-14,16,19,22-23,25,27,29-33,35-36,38-42,44-45,47-57H2,1-3H3/b12-9-,18-15-,20-17-,24-21-,28-26-,37-34-,46-43-. The molecule has 0 saturated carbocycles. The van der Waals surface area contributed by atoms with Crippen LogP contribution in [0.2, 0.25) is 0 Å². The molecule has 0 spiro atoms. The highest BCUT2D eigenvalue weighted by Crippen LogP contribution is 2.16. The van der Waals surface area contributed by atoms with E-state index in [0.29, 0.717) is 19.3 Å². The predicted molar refractivity (Wildman–Crippen MR) is 288 cm³/mol. The van der Waals surface area contributed by atoms with E-state index in [1.165, 1.54) is 128 Å². The van der Waals surface area contributed by atoms with Crippen LogP contribution in [0.4, 0.5) is 0 Å². The average Bonchev–Trinajstić information content (AvgIpc) is 3.33. The van der Waals surface area contributed by atoms with Crippen molar-refractivity contribution in [1.82, 2.24) is 0 Å². The first-order valence-electron chi connectivity index (χ1n) is 28.1. The van der Waals surface area contributed by atoms with Crippen molar-refractivity contribution < 1.29 is 28.6 Å². The topological polar surface area (TPSA) is 78.9 Å². The highest BCUT2D eigenvalue weighted by molar-refractivity contribution is 5.71. The minimum absolute atomic E-state index is 0.103. The Morgan fingerprint density at radius 1 is 0.328 bits per heavy atom. The lowest BCUT2D eigenvalue weighted by atomic mass is 10.0. The first kappa shape index (κ1) is 63.6. The predicted octanol–water partition coefficient (Wildman–Crippen LogP) is 18.8. The number of carbonyl (C=O) groups is 3. The Morgan fingerprint density at radius 2 is 0.657 bits per heavy atom. The highest BCUT2D eigenvalue weighted by Gasteiger charge is 2.19. The zero-order valence-electron chi connectivity index (χ0n) is 43.9. The Bertz CT molecular complexity index is 1300. The molecule has 67 heavy (non-hydrogen) atoms. The quantitative estimate of drug-likeness (QED) is 0.0199. The molecule has 0 rings (SSSR count). The number of allylic oxidation sites excluding steroid dienone is 14. The maximum Gasteiger partial charge on any atom is 0.306 e. The van der Waals surface area contributed by atoms with Gasteiger partial charge in [-0.1, -0.05) is 254 Å². The number of hydrogen-bond acceptors (Lipinski definition) is 6. The third-order valence-electron chi connectivity index (χ3n) is 11.9. The second kappa shape index (κ2) is 55.2. The molecule has 384 valence electrons. The molecule has 0 aliphatic carbocycles. The summed E-state index contributed by atoms with van der Waals surface area (Å²) in [6.45, 7) is 6.43. The molecule has 1 atom stereocenters. The molecule has 0 amide bonds. The number of esters is 3. The highest BCUT2D eigenvalue weighted by atomic mass is 16.6. The molecule has 1 unspecified atom stereocenters. The summed E-state index contributed by atoms with van der Waals surface area (Å²) >= 11 is 0. The van der Waals surface area contributed by atoms with Crippen molar-refractivity contribution in [2.24, 2.45) is 0 Å². The summed E-state index contributed by atoms with van der Waals surface area (Å²) in [4.78, 5) is 38.1. The fourth-order valence-corrected chi connectivity index (χ4v) is 7.73. The maximum atomic E-state index is 12.8. The van der Waals surface area contributed by atoms with E-state index in [0.717, 1.165) is 89.9 Å². The van der Waals surface area contributed by atoms with E-state index in [1.807, 2.05) is 0 Å². The lowest BCUT2D eigenvalue weighted by Gasteiger charge is -2.18. The van der Waals surface area contributed by atoms with Crippen LogP contribution >= 0.6 is 0 Å². The van der Waals surface area contributed by atoms with Crippen LogP contribution in [-0.4, -0.2) is 37.2 Å². The fraction of sp³-hybridized carbons (Fsp3) is 0.721. The summed E-state index contributed by atoms with van der Waals surface area (Å²) in [5.74, 6) is -0.976. The SMILES string of the molecule is CC\C=C/C=C\C=C/CCCCCCCC(=O)OCC(COC(=O)CCCCCCCCCCCCCCCCCCCCC)OC(=O)CCC/C=C\C/C=C\C/C=C\C/C=C\CCCCC. The van der Waals surface area contributed by atoms with E-state index in [4.69, 9.17) is 14.2 Å². The van der Waals surface area contributed by atoms with Crippen molar-refractivity contribution in [3.63, 3.8) is 0 Å². The van der Waals surface area contributed by atoms with Crippen molar-refractivity contribution in [3.05, 3.63) is 85.1 Å².